The van der Waals surface area contributed by atoms with E-state index in [0.717, 1.165) is 22.5 Å². The number of benzene rings is 1. The van der Waals surface area contributed by atoms with Gasteiger partial charge in [0.2, 0.25) is 0 Å². The van der Waals surface area contributed by atoms with Crippen molar-refractivity contribution in [1.82, 2.24) is 15.1 Å². The third kappa shape index (κ3) is 2.86. The smallest absolute Gasteiger partial charge is 0.123 e. The Labute approximate surface area is 123 Å². The Bertz CT molecular complexity index is 622. The summed E-state index contributed by atoms with van der Waals surface area (Å²) in [6.07, 6.45) is 0.664. The fourth-order valence-electron chi connectivity index (χ4n) is 2.45. The second-order valence-corrected chi connectivity index (χ2v) is 5.39. The lowest BCUT2D eigenvalue weighted by Crippen LogP contribution is -2.21. The Morgan fingerprint density at radius 2 is 2.10 bits per heavy atom. The minimum atomic E-state index is -0.224. The molecule has 1 aromatic carbocycles. The first-order chi connectivity index (χ1) is 9.43. The summed E-state index contributed by atoms with van der Waals surface area (Å²) in [5, 5.41) is 8.23. The Balaban J connectivity index is 2.36. The van der Waals surface area contributed by atoms with E-state index >= 15 is 0 Å². The summed E-state index contributed by atoms with van der Waals surface area (Å²) >= 11 is 6.29. The highest BCUT2D eigenvalue weighted by Crippen LogP contribution is 2.27. The molecule has 2 rings (SSSR count). The van der Waals surface area contributed by atoms with Crippen molar-refractivity contribution in [2.24, 2.45) is 7.05 Å². The number of rotatable bonds is 4. The highest BCUT2D eigenvalue weighted by molar-refractivity contribution is 6.31. The lowest BCUT2D eigenvalue weighted by Gasteiger charge is -2.19. The van der Waals surface area contributed by atoms with Crippen molar-refractivity contribution in [3.63, 3.8) is 0 Å². The van der Waals surface area contributed by atoms with Crippen molar-refractivity contribution in [2.75, 3.05) is 7.05 Å². The lowest BCUT2D eigenvalue weighted by atomic mass is 9.97. The van der Waals surface area contributed by atoms with Crippen LogP contribution < -0.4 is 5.32 Å². The molecule has 1 atom stereocenters. The molecule has 2 aromatic rings. The van der Waals surface area contributed by atoms with Gasteiger partial charge in [0, 0.05) is 19.5 Å². The van der Waals surface area contributed by atoms with E-state index < -0.39 is 0 Å². The fraction of sp³-hybridized carbons (Fsp3) is 0.400. The first-order valence-electron chi connectivity index (χ1n) is 6.55. The van der Waals surface area contributed by atoms with E-state index in [4.69, 9.17) is 11.6 Å². The molecule has 1 unspecified atom stereocenters. The highest BCUT2D eigenvalue weighted by atomic mass is 35.5. The fourth-order valence-corrected chi connectivity index (χ4v) is 2.69. The van der Waals surface area contributed by atoms with Crippen LogP contribution in [-0.2, 0) is 13.5 Å². The molecule has 108 valence electrons. The van der Waals surface area contributed by atoms with Crippen LogP contribution in [0.4, 0.5) is 4.39 Å². The third-order valence-electron chi connectivity index (χ3n) is 3.62. The van der Waals surface area contributed by atoms with Crippen molar-refractivity contribution in [1.29, 1.82) is 0 Å². The average molecular weight is 296 g/mol. The van der Waals surface area contributed by atoms with E-state index in [9.17, 15) is 4.39 Å². The van der Waals surface area contributed by atoms with E-state index in [-0.39, 0.29) is 11.9 Å². The average Bonchev–Trinajstić information content (AvgIpc) is 2.65. The molecule has 0 radical (unpaired) electrons. The summed E-state index contributed by atoms with van der Waals surface area (Å²) in [5.74, 6) is -0.224. The van der Waals surface area contributed by atoms with Gasteiger partial charge in [0.15, 0.2) is 0 Å². The first-order valence-corrected chi connectivity index (χ1v) is 6.93. The lowest BCUT2D eigenvalue weighted by molar-refractivity contribution is 0.551. The van der Waals surface area contributed by atoms with Crippen molar-refractivity contribution in [3.8, 4) is 0 Å². The first kappa shape index (κ1) is 15.0. The normalized spacial score (nSPS) is 12.7. The highest BCUT2D eigenvalue weighted by Gasteiger charge is 2.19. The number of hydrogen-bond donors (Lipinski definition) is 1. The number of hydrogen-bond acceptors (Lipinski definition) is 2. The standard InChI is InChI=1S/C15H19ClFN3/c1-9-5-6-11(17)7-12(9)13(18-3)8-14-15(16)10(2)19-20(14)4/h5-7,13,18H,8H2,1-4H3. The van der Waals surface area contributed by atoms with Crippen molar-refractivity contribution >= 4 is 11.6 Å². The van der Waals surface area contributed by atoms with Crippen LogP contribution in [0.3, 0.4) is 0 Å². The van der Waals surface area contributed by atoms with Gasteiger partial charge in [0.1, 0.15) is 5.82 Å². The molecule has 5 heteroatoms. The summed E-state index contributed by atoms with van der Waals surface area (Å²) in [6, 6.07) is 4.85. The maximum absolute atomic E-state index is 13.5. The maximum atomic E-state index is 13.5. The van der Waals surface area contributed by atoms with Gasteiger partial charge in [0.05, 0.1) is 16.4 Å². The quantitative estimate of drug-likeness (QED) is 0.937. The topological polar surface area (TPSA) is 29.9 Å². The predicted octanol–water partition coefficient (Wildman–Crippen LogP) is 3.33. The maximum Gasteiger partial charge on any atom is 0.123 e. The molecule has 0 amide bonds. The van der Waals surface area contributed by atoms with Gasteiger partial charge < -0.3 is 5.32 Å². The molecule has 0 bridgehead atoms. The van der Waals surface area contributed by atoms with Crippen LogP contribution in [-0.4, -0.2) is 16.8 Å². The van der Waals surface area contributed by atoms with Crippen molar-refractivity contribution < 1.29 is 4.39 Å². The predicted molar refractivity (Wildman–Crippen MR) is 79.6 cm³/mol. The Morgan fingerprint density at radius 3 is 2.65 bits per heavy atom. The summed E-state index contributed by atoms with van der Waals surface area (Å²) in [4.78, 5) is 0. The summed E-state index contributed by atoms with van der Waals surface area (Å²) in [7, 11) is 3.74. The molecule has 0 aliphatic carbocycles. The second kappa shape index (κ2) is 5.94. The number of likely N-dealkylation sites (N-methyl/N-ethyl adjacent to an activating group) is 1. The molecular formula is C15H19ClFN3. The molecule has 0 saturated carbocycles. The van der Waals surface area contributed by atoms with Crippen LogP contribution in [0.2, 0.25) is 5.02 Å². The molecule has 0 saturated heterocycles. The van der Waals surface area contributed by atoms with Crippen LogP contribution >= 0.6 is 11.6 Å². The number of halogens is 2. The van der Waals surface area contributed by atoms with Gasteiger partial charge in [0.25, 0.3) is 0 Å². The van der Waals surface area contributed by atoms with E-state index in [0.29, 0.717) is 11.4 Å². The molecule has 1 N–H and O–H groups in total. The van der Waals surface area contributed by atoms with Gasteiger partial charge in [-0.15, -0.1) is 0 Å². The van der Waals surface area contributed by atoms with Gasteiger partial charge in [-0.25, -0.2) is 4.39 Å². The Hall–Kier alpha value is -1.39. The van der Waals surface area contributed by atoms with E-state index in [1.807, 2.05) is 27.9 Å². The molecule has 0 spiro atoms. The molecule has 0 fully saturated rings. The van der Waals surface area contributed by atoms with Crippen LogP contribution in [0.25, 0.3) is 0 Å². The molecular weight excluding hydrogens is 277 g/mol. The zero-order valence-corrected chi connectivity index (χ0v) is 12.9. The number of aryl methyl sites for hydroxylation is 3. The van der Waals surface area contributed by atoms with E-state index in [2.05, 4.69) is 10.4 Å². The molecule has 1 aromatic heterocycles. The summed E-state index contributed by atoms with van der Waals surface area (Å²) < 4.78 is 15.3. The number of aromatic nitrogens is 2. The van der Waals surface area contributed by atoms with Gasteiger partial charge >= 0.3 is 0 Å². The SMILES string of the molecule is CNC(Cc1c(Cl)c(C)nn1C)c1cc(F)ccc1C. The second-order valence-electron chi connectivity index (χ2n) is 5.02. The monoisotopic (exact) mass is 295 g/mol. The molecule has 0 aliphatic heterocycles. The summed E-state index contributed by atoms with van der Waals surface area (Å²) in [5.41, 5.74) is 3.77. The molecule has 3 nitrogen and oxygen atoms in total. The summed E-state index contributed by atoms with van der Waals surface area (Å²) in [6.45, 7) is 3.86. The van der Waals surface area contributed by atoms with E-state index in [1.54, 1.807) is 16.8 Å². The van der Waals surface area contributed by atoms with Gasteiger partial charge in [-0.2, -0.15) is 5.10 Å². The van der Waals surface area contributed by atoms with Crippen molar-refractivity contribution in [3.05, 3.63) is 51.6 Å². The molecule has 1 heterocycles. The largest absolute Gasteiger partial charge is 0.313 e. The number of nitrogens with zero attached hydrogens (tertiary/aromatic N) is 2. The number of nitrogens with one attached hydrogen (secondary N) is 1. The zero-order valence-electron chi connectivity index (χ0n) is 12.2. The van der Waals surface area contributed by atoms with Crippen molar-refractivity contribution in [2.45, 2.75) is 26.3 Å². The molecule has 0 aliphatic rings. The Kier molecular flexibility index (Phi) is 4.45. The minimum Gasteiger partial charge on any atom is -0.313 e. The van der Waals surface area contributed by atoms with Gasteiger partial charge in [-0.05, 0) is 44.2 Å². The van der Waals surface area contributed by atoms with Crippen LogP contribution in [0.5, 0.6) is 0 Å². The minimum absolute atomic E-state index is 0.00185. The Morgan fingerprint density at radius 1 is 1.40 bits per heavy atom. The van der Waals surface area contributed by atoms with Crippen LogP contribution in [0.1, 0.15) is 28.6 Å². The van der Waals surface area contributed by atoms with Gasteiger partial charge in [-0.3, -0.25) is 4.68 Å². The van der Waals surface area contributed by atoms with Crippen LogP contribution in [0.15, 0.2) is 18.2 Å². The van der Waals surface area contributed by atoms with E-state index in [1.165, 1.54) is 6.07 Å². The van der Waals surface area contributed by atoms with Gasteiger partial charge in [-0.1, -0.05) is 17.7 Å². The zero-order chi connectivity index (χ0) is 14.9. The third-order valence-corrected chi connectivity index (χ3v) is 4.12. The molecule has 20 heavy (non-hydrogen) atoms. The van der Waals surface area contributed by atoms with Crippen LogP contribution in [0, 0.1) is 19.7 Å².